The summed E-state index contributed by atoms with van der Waals surface area (Å²) in [7, 11) is 0. The number of carbonyl (C=O) groups is 1. The van der Waals surface area contributed by atoms with E-state index >= 15 is 0 Å². The van der Waals surface area contributed by atoms with Crippen molar-refractivity contribution in [2.24, 2.45) is 5.92 Å². The summed E-state index contributed by atoms with van der Waals surface area (Å²) in [5.74, 6) is -4.42. The predicted molar refractivity (Wildman–Crippen MR) is 69.8 cm³/mol. The second-order valence-electron chi connectivity index (χ2n) is 5.41. The molecule has 2 rings (SSSR count). The first kappa shape index (κ1) is 14.9. The fourth-order valence-corrected chi connectivity index (χ4v) is 2.73. The molecule has 0 aliphatic heterocycles. The molecule has 20 heavy (non-hydrogen) atoms. The fourth-order valence-electron chi connectivity index (χ4n) is 2.73. The van der Waals surface area contributed by atoms with Crippen LogP contribution in [0.25, 0.3) is 0 Å². The van der Waals surface area contributed by atoms with Gasteiger partial charge in [0, 0.05) is 11.6 Å². The van der Waals surface area contributed by atoms with Crippen LogP contribution in [0.4, 0.5) is 13.2 Å². The highest BCUT2D eigenvalue weighted by atomic mass is 19.2. The van der Waals surface area contributed by atoms with Crippen LogP contribution in [0.3, 0.4) is 0 Å². The molecule has 1 unspecified atom stereocenters. The maximum Gasteiger partial charge on any atom is 0.251 e. The van der Waals surface area contributed by atoms with Gasteiger partial charge in [0.2, 0.25) is 0 Å². The zero-order chi connectivity index (χ0) is 14.7. The van der Waals surface area contributed by atoms with E-state index in [0.29, 0.717) is 5.92 Å². The third kappa shape index (κ3) is 3.32. The lowest BCUT2D eigenvalue weighted by atomic mass is 9.84. The van der Waals surface area contributed by atoms with Crippen LogP contribution < -0.4 is 5.32 Å². The normalized spacial score (nSPS) is 17.8. The van der Waals surface area contributed by atoms with E-state index in [1.807, 2.05) is 6.92 Å². The molecular formula is C15H18F3NO. The molecule has 110 valence electrons. The van der Waals surface area contributed by atoms with E-state index in [1.54, 1.807) is 0 Å². The zero-order valence-corrected chi connectivity index (χ0v) is 11.4. The molecule has 0 aromatic heterocycles. The largest absolute Gasteiger partial charge is 0.349 e. The molecule has 1 aromatic rings. The maximum absolute atomic E-state index is 13.1. The number of rotatable bonds is 3. The molecule has 1 aromatic carbocycles. The SMILES string of the molecule is CC(NC(=O)c1cc(F)c(F)c(F)c1)C1CCCCC1. The Morgan fingerprint density at radius 3 is 2.25 bits per heavy atom. The van der Waals surface area contributed by atoms with Gasteiger partial charge in [-0.2, -0.15) is 0 Å². The molecule has 0 spiro atoms. The van der Waals surface area contributed by atoms with Gasteiger partial charge in [-0.05, 0) is 37.8 Å². The second kappa shape index (κ2) is 6.29. The van der Waals surface area contributed by atoms with Gasteiger partial charge >= 0.3 is 0 Å². The lowest BCUT2D eigenvalue weighted by molar-refractivity contribution is 0.0918. The molecule has 1 amide bonds. The van der Waals surface area contributed by atoms with Crippen molar-refractivity contribution in [2.75, 3.05) is 0 Å². The molecular weight excluding hydrogens is 267 g/mol. The Bertz CT molecular complexity index is 475. The van der Waals surface area contributed by atoms with Crippen molar-refractivity contribution < 1.29 is 18.0 Å². The number of nitrogens with one attached hydrogen (secondary N) is 1. The van der Waals surface area contributed by atoms with Gasteiger partial charge in [-0.1, -0.05) is 19.3 Å². The standard InChI is InChI=1S/C15H18F3NO/c1-9(10-5-3-2-4-6-10)19-15(20)11-7-12(16)14(18)13(17)8-11/h7-10H,2-6H2,1H3,(H,19,20). The van der Waals surface area contributed by atoms with E-state index in [1.165, 1.54) is 6.42 Å². The Morgan fingerprint density at radius 2 is 1.70 bits per heavy atom. The van der Waals surface area contributed by atoms with Crippen LogP contribution >= 0.6 is 0 Å². The molecule has 1 aliphatic carbocycles. The fraction of sp³-hybridized carbons (Fsp3) is 0.533. The summed E-state index contributed by atoms with van der Waals surface area (Å²) in [6.45, 7) is 1.89. The van der Waals surface area contributed by atoms with Crippen molar-refractivity contribution in [3.63, 3.8) is 0 Å². The Morgan fingerprint density at radius 1 is 1.15 bits per heavy atom. The van der Waals surface area contributed by atoms with Crippen molar-refractivity contribution >= 4 is 5.91 Å². The minimum atomic E-state index is -1.55. The minimum absolute atomic E-state index is 0.0565. The molecule has 1 saturated carbocycles. The van der Waals surface area contributed by atoms with E-state index in [4.69, 9.17) is 0 Å². The molecule has 0 radical (unpaired) electrons. The average Bonchev–Trinajstić information content (AvgIpc) is 2.45. The first-order valence-electron chi connectivity index (χ1n) is 6.94. The Hall–Kier alpha value is -1.52. The van der Waals surface area contributed by atoms with E-state index in [2.05, 4.69) is 5.32 Å². The molecule has 1 N–H and O–H groups in total. The molecule has 5 heteroatoms. The third-order valence-electron chi connectivity index (χ3n) is 3.96. The molecule has 1 fully saturated rings. The van der Waals surface area contributed by atoms with Crippen LogP contribution in [-0.4, -0.2) is 11.9 Å². The molecule has 0 heterocycles. The van der Waals surface area contributed by atoms with E-state index in [-0.39, 0.29) is 11.6 Å². The number of halogens is 3. The van der Waals surface area contributed by atoms with Gasteiger partial charge in [0.1, 0.15) is 0 Å². The van der Waals surface area contributed by atoms with Gasteiger partial charge in [-0.25, -0.2) is 13.2 Å². The highest BCUT2D eigenvalue weighted by molar-refractivity contribution is 5.94. The van der Waals surface area contributed by atoms with Crippen LogP contribution in [0.2, 0.25) is 0 Å². The lowest BCUT2D eigenvalue weighted by Gasteiger charge is -2.28. The highest BCUT2D eigenvalue weighted by Crippen LogP contribution is 2.26. The average molecular weight is 285 g/mol. The van der Waals surface area contributed by atoms with Crippen LogP contribution in [0.1, 0.15) is 49.4 Å². The van der Waals surface area contributed by atoms with Crippen LogP contribution in [0, 0.1) is 23.4 Å². The first-order chi connectivity index (χ1) is 9.49. The molecule has 0 bridgehead atoms. The van der Waals surface area contributed by atoms with Crippen molar-refractivity contribution in [3.8, 4) is 0 Å². The summed E-state index contributed by atoms with van der Waals surface area (Å²) in [5.41, 5.74) is -0.191. The number of benzene rings is 1. The minimum Gasteiger partial charge on any atom is -0.349 e. The van der Waals surface area contributed by atoms with Gasteiger partial charge < -0.3 is 5.32 Å². The first-order valence-corrected chi connectivity index (χ1v) is 6.94. The van der Waals surface area contributed by atoms with Gasteiger partial charge in [0.05, 0.1) is 0 Å². The zero-order valence-electron chi connectivity index (χ0n) is 11.4. The summed E-state index contributed by atoms with van der Waals surface area (Å²) in [6.07, 6.45) is 5.60. The number of carbonyl (C=O) groups excluding carboxylic acids is 1. The van der Waals surface area contributed by atoms with Crippen LogP contribution in [0.15, 0.2) is 12.1 Å². The Kier molecular flexibility index (Phi) is 4.68. The van der Waals surface area contributed by atoms with Gasteiger partial charge in [-0.3, -0.25) is 4.79 Å². The quantitative estimate of drug-likeness (QED) is 0.841. The van der Waals surface area contributed by atoms with Crippen molar-refractivity contribution in [1.82, 2.24) is 5.32 Å². The number of amides is 1. The number of hydrogen-bond donors (Lipinski definition) is 1. The summed E-state index contributed by atoms with van der Waals surface area (Å²) >= 11 is 0. The third-order valence-corrected chi connectivity index (χ3v) is 3.96. The smallest absolute Gasteiger partial charge is 0.251 e. The molecule has 2 nitrogen and oxygen atoms in total. The van der Waals surface area contributed by atoms with Crippen molar-refractivity contribution in [1.29, 1.82) is 0 Å². The van der Waals surface area contributed by atoms with Crippen LogP contribution in [-0.2, 0) is 0 Å². The van der Waals surface area contributed by atoms with Gasteiger partial charge in [-0.15, -0.1) is 0 Å². The van der Waals surface area contributed by atoms with Crippen molar-refractivity contribution in [3.05, 3.63) is 35.1 Å². The number of hydrogen-bond acceptors (Lipinski definition) is 1. The Labute approximate surface area is 116 Å². The topological polar surface area (TPSA) is 29.1 Å². The summed E-state index contributed by atoms with van der Waals surface area (Å²) < 4.78 is 39.0. The second-order valence-corrected chi connectivity index (χ2v) is 5.41. The summed E-state index contributed by atoms with van der Waals surface area (Å²) in [6, 6.07) is 1.39. The van der Waals surface area contributed by atoms with Gasteiger partial charge in [0.25, 0.3) is 5.91 Å². The maximum atomic E-state index is 13.1. The summed E-state index contributed by atoms with van der Waals surface area (Å²) in [4.78, 5) is 11.9. The summed E-state index contributed by atoms with van der Waals surface area (Å²) in [5, 5.41) is 2.75. The van der Waals surface area contributed by atoms with E-state index in [9.17, 15) is 18.0 Å². The van der Waals surface area contributed by atoms with E-state index < -0.39 is 23.4 Å². The molecule has 0 saturated heterocycles. The highest BCUT2D eigenvalue weighted by Gasteiger charge is 2.23. The predicted octanol–water partition coefficient (Wildman–Crippen LogP) is 3.80. The van der Waals surface area contributed by atoms with Crippen molar-refractivity contribution in [2.45, 2.75) is 45.1 Å². The lowest BCUT2D eigenvalue weighted by Crippen LogP contribution is -2.39. The Balaban J connectivity index is 2.04. The monoisotopic (exact) mass is 285 g/mol. The molecule has 1 atom stereocenters. The van der Waals surface area contributed by atoms with E-state index in [0.717, 1.165) is 37.8 Å². The van der Waals surface area contributed by atoms with Crippen LogP contribution in [0.5, 0.6) is 0 Å². The molecule has 1 aliphatic rings. The van der Waals surface area contributed by atoms with Gasteiger partial charge in [0.15, 0.2) is 17.5 Å².